The predicted octanol–water partition coefficient (Wildman–Crippen LogP) is 2.78. The first kappa shape index (κ1) is 22.6. The van der Waals surface area contributed by atoms with Gasteiger partial charge in [-0.25, -0.2) is 0 Å². The molecule has 5 nitrogen and oxygen atoms in total. The van der Waals surface area contributed by atoms with Crippen LogP contribution in [0.3, 0.4) is 0 Å². The Kier molecular flexibility index (Phi) is 23.3. The molecular formula is C16H35NO4. The molecular weight excluding hydrogens is 270 g/mol. The average molecular weight is 305 g/mol. The van der Waals surface area contributed by atoms with Crippen molar-refractivity contribution in [3.8, 4) is 0 Å². The summed E-state index contributed by atoms with van der Waals surface area (Å²) in [5, 5.41) is 2.86. The molecule has 0 aliphatic heterocycles. The molecule has 21 heavy (non-hydrogen) atoms. The molecule has 0 aromatic heterocycles. The van der Waals surface area contributed by atoms with E-state index in [0.717, 1.165) is 45.4 Å². The molecule has 5 heteroatoms. The van der Waals surface area contributed by atoms with Gasteiger partial charge >= 0.3 is 0 Å². The third kappa shape index (κ3) is 21.8. The number of rotatable bonds is 14. The number of hydrogen-bond acceptors (Lipinski definition) is 4. The van der Waals surface area contributed by atoms with Crippen LogP contribution in [0.4, 0.5) is 0 Å². The molecule has 0 aromatic carbocycles. The highest BCUT2D eigenvalue weighted by Gasteiger charge is 1.99. The van der Waals surface area contributed by atoms with Crippen molar-refractivity contribution in [3.05, 3.63) is 0 Å². The number of nitrogens with one attached hydrogen (secondary N) is 1. The van der Waals surface area contributed by atoms with Crippen LogP contribution in [0.1, 0.15) is 52.9 Å². The second kappa shape index (κ2) is 21.6. The van der Waals surface area contributed by atoms with Crippen molar-refractivity contribution in [1.82, 2.24) is 5.32 Å². The molecule has 0 saturated carbocycles. The number of amides is 1. The van der Waals surface area contributed by atoms with E-state index in [9.17, 15) is 4.79 Å². The molecule has 0 bridgehead atoms. The topological polar surface area (TPSA) is 56.8 Å². The van der Waals surface area contributed by atoms with Crippen molar-refractivity contribution in [1.29, 1.82) is 0 Å². The van der Waals surface area contributed by atoms with Crippen molar-refractivity contribution in [2.45, 2.75) is 52.9 Å². The molecule has 1 amide bonds. The van der Waals surface area contributed by atoms with Crippen LogP contribution in [0.2, 0.25) is 0 Å². The zero-order valence-electron chi connectivity index (χ0n) is 14.4. The van der Waals surface area contributed by atoms with Gasteiger partial charge in [-0.05, 0) is 19.3 Å². The molecule has 0 unspecified atom stereocenters. The van der Waals surface area contributed by atoms with Gasteiger partial charge in [-0.15, -0.1) is 0 Å². The number of carbonyl (C=O) groups excluding carboxylic acids is 1. The lowest BCUT2D eigenvalue weighted by molar-refractivity contribution is -0.122. The molecule has 0 aromatic rings. The molecule has 0 atom stereocenters. The smallest absolute Gasteiger partial charge is 0.222 e. The number of ether oxygens (including phenoxy) is 3. The second-order valence-corrected chi connectivity index (χ2v) is 4.38. The fourth-order valence-electron chi connectivity index (χ4n) is 1.43. The van der Waals surface area contributed by atoms with Crippen LogP contribution in [0.25, 0.3) is 0 Å². The van der Waals surface area contributed by atoms with E-state index >= 15 is 0 Å². The highest BCUT2D eigenvalue weighted by Crippen LogP contribution is 1.91. The molecule has 0 saturated heterocycles. The summed E-state index contributed by atoms with van der Waals surface area (Å²) in [5.41, 5.74) is 0. The summed E-state index contributed by atoms with van der Waals surface area (Å²) in [7, 11) is 1.69. The van der Waals surface area contributed by atoms with Gasteiger partial charge in [-0.3, -0.25) is 4.79 Å². The van der Waals surface area contributed by atoms with Gasteiger partial charge in [-0.2, -0.15) is 0 Å². The number of methoxy groups -OCH3 is 1. The van der Waals surface area contributed by atoms with E-state index in [1.165, 1.54) is 0 Å². The third-order valence-electron chi connectivity index (χ3n) is 2.54. The first-order chi connectivity index (χ1) is 10.3. The second-order valence-electron chi connectivity index (χ2n) is 4.38. The van der Waals surface area contributed by atoms with Crippen LogP contribution in [-0.4, -0.2) is 52.6 Å². The Morgan fingerprint density at radius 1 is 0.905 bits per heavy atom. The van der Waals surface area contributed by atoms with E-state index in [1.54, 1.807) is 7.11 Å². The molecule has 1 N–H and O–H groups in total. The zero-order chi connectivity index (χ0) is 16.2. The Balaban J connectivity index is 0. The van der Waals surface area contributed by atoms with Crippen molar-refractivity contribution >= 4 is 5.91 Å². The predicted molar refractivity (Wildman–Crippen MR) is 86.6 cm³/mol. The van der Waals surface area contributed by atoms with Crippen LogP contribution in [-0.2, 0) is 19.0 Å². The Hall–Kier alpha value is -0.650. The van der Waals surface area contributed by atoms with Gasteiger partial charge in [0.1, 0.15) is 0 Å². The number of unbranched alkanes of at least 4 members (excludes halogenated alkanes) is 1. The molecule has 0 radical (unpaired) electrons. The van der Waals surface area contributed by atoms with Gasteiger partial charge < -0.3 is 19.5 Å². The first-order valence-electron chi connectivity index (χ1n) is 8.22. The van der Waals surface area contributed by atoms with Gasteiger partial charge in [-0.1, -0.05) is 27.2 Å². The standard InChI is InChI=1S/C14H29NO4.C2H6/c1-3-4-8-15-14(16)7-13-19-12-6-11-18-10-5-9-17-2;1-2/h3-13H2,1-2H3,(H,15,16);1-2H3. The maximum atomic E-state index is 11.3. The Morgan fingerprint density at radius 3 is 2.05 bits per heavy atom. The van der Waals surface area contributed by atoms with E-state index in [1.807, 2.05) is 13.8 Å². The van der Waals surface area contributed by atoms with E-state index < -0.39 is 0 Å². The van der Waals surface area contributed by atoms with E-state index in [-0.39, 0.29) is 5.91 Å². The van der Waals surface area contributed by atoms with Crippen LogP contribution in [0, 0.1) is 0 Å². The fourth-order valence-corrected chi connectivity index (χ4v) is 1.43. The van der Waals surface area contributed by atoms with Crippen molar-refractivity contribution in [3.63, 3.8) is 0 Å². The molecule has 0 aliphatic carbocycles. The monoisotopic (exact) mass is 305 g/mol. The van der Waals surface area contributed by atoms with Gasteiger partial charge in [0, 0.05) is 46.5 Å². The molecule has 0 aliphatic rings. The van der Waals surface area contributed by atoms with Gasteiger partial charge in [0.25, 0.3) is 0 Å². The summed E-state index contributed by atoms with van der Waals surface area (Å²) >= 11 is 0. The number of hydrogen-bond donors (Lipinski definition) is 1. The molecule has 0 heterocycles. The Labute approximate surface area is 130 Å². The highest BCUT2D eigenvalue weighted by molar-refractivity contribution is 5.75. The summed E-state index contributed by atoms with van der Waals surface area (Å²) in [5.74, 6) is 0.0734. The summed E-state index contributed by atoms with van der Waals surface area (Å²) in [6.45, 7) is 10.2. The first-order valence-corrected chi connectivity index (χ1v) is 8.22. The van der Waals surface area contributed by atoms with Gasteiger partial charge in [0.05, 0.1) is 6.61 Å². The third-order valence-corrected chi connectivity index (χ3v) is 2.54. The average Bonchev–Trinajstić information content (AvgIpc) is 2.51. The van der Waals surface area contributed by atoms with Crippen molar-refractivity contribution < 1.29 is 19.0 Å². The van der Waals surface area contributed by atoms with Gasteiger partial charge in [0.2, 0.25) is 5.91 Å². The van der Waals surface area contributed by atoms with E-state index in [2.05, 4.69) is 12.2 Å². The minimum Gasteiger partial charge on any atom is -0.385 e. The summed E-state index contributed by atoms with van der Waals surface area (Å²) in [6, 6.07) is 0. The normalized spacial score (nSPS) is 9.90. The van der Waals surface area contributed by atoms with E-state index in [0.29, 0.717) is 26.2 Å². The van der Waals surface area contributed by atoms with Gasteiger partial charge in [0.15, 0.2) is 0 Å². The lowest BCUT2D eigenvalue weighted by Crippen LogP contribution is -2.25. The maximum Gasteiger partial charge on any atom is 0.222 e. The molecule has 128 valence electrons. The van der Waals surface area contributed by atoms with Crippen LogP contribution < -0.4 is 5.32 Å². The van der Waals surface area contributed by atoms with Crippen LogP contribution in [0.15, 0.2) is 0 Å². The largest absolute Gasteiger partial charge is 0.385 e. The maximum absolute atomic E-state index is 11.3. The molecule has 0 fully saturated rings. The minimum absolute atomic E-state index is 0.0734. The molecule has 0 spiro atoms. The van der Waals surface area contributed by atoms with Crippen LogP contribution in [0.5, 0.6) is 0 Å². The summed E-state index contributed by atoms with van der Waals surface area (Å²) in [6.07, 6.45) is 4.37. The lowest BCUT2D eigenvalue weighted by Gasteiger charge is -2.06. The lowest BCUT2D eigenvalue weighted by atomic mass is 10.3. The highest BCUT2D eigenvalue weighted by atomic mass is 16.5. The quantitative estimate of drug-likeness (QED) is 0.501. The van der Waals surface area contributed by atoms with E-state index in [4.69, 9.17) is 14.2 Å². The SMILES string of the molecule is CC.CCCCNC(=O)CCOCCCOCCCOC. The summed E-state index contributed by atoms with van der Waals surface area (Å²) < 4.78 is 15.7. The van der Waals surface area contributed by atoms with Crippen molar-refractivity contribution in [2.24, 2.45) is 0 Å². The van der Waals surface area contributed by atoms with Crippen LogP contribution >= 0.6 is 0 Å². The Bertz CT molecular complexity index is 201. The molecule has 0 rings (SSSR count). The fraction of sp³-hybridized carbons (Fsp3) is 0.938. The minimum atomic E-state index is 0.0734. The Morgan fingerprint density at radius 2 is 1.48 bits per heavy atom. The number of carbonyl (C=O) groups is 1. The zero-order valence-corrected chi connectivity index (χ0v) is 14.4. The summed E-state index contributed by atoms with van der Waals surface area (Å²) in [4.78, 5) is 11.3. The van der Waals surface area contributed by atoms with Crippen molar-refractivity contribution in [2.75, 3.05) is 46.7 Å².